The highest BCUT2D eigenvalue weighted by atomic mass is 16.2. The molecule has 0 unspecified atom stereocenters. The molecule has 0 spiro atoms. The van der Waals surface area contributed by atoms with Crippen LogP contribution in [0.3, 0.4) is 0 Å². The molecule has 1 amide bonds. The number of nitrogens with zero attached hydrogens (tertiary/aromatic N) is 1. The first-order valence-electron chi connectivity index (χ1n) is 6.80. The van der Waals surface area contributed by atoms with Gasteiger partial charge in [-0.1, -0.05) is 43.2 Å². The van der Waals surface area contributed by atoms with Gasteiger partial charge in [-0.25, -0.2) is 0 Å². The van der Waals surface area contributed by atoms with Crippen LogP contribution in [-0.4, -0.2) is 23.9 Å². The molecule has 1 saturated heterocycles. The van der Waals surface area contributed by atoms with Gasteiger partial charge < -0.3 is 4.90 Å². The van der Waals surface area contributed by atoms with E-state index < -0.39 is 0 Å². The summed E-state index contributed by atoms with van der Waals surface area (Å²) in [4.78, 5) is 14.3. The second kappa shape index (κ2) is 6.39. The largest absolute Gasteiger partial charge is 0.339 e. The summed E-state index contributed by atoms with van der Waals surface area (Å²) in [5, 5.41) is 0. The molecule has 0 atom stereocenters. The fourth-order valence-corrected chi connectivity index (χ4v) is 2.38. The van der Waals surface area contributed by atoms with Crippen LogP contribution in [-0.2, 0) is 4.79 Å². The van der Waals surface area contributed by atoms with E-state index in [4.69, 9.17) is 0 Å². The zero-order valence-corrected chi connectivity index (χ0v) is 11.1. The van der Waals surface area contributed by atoms with Gasteiger partial charge in [0.1, 0.15) is 0 Å². The summed E-state index contributed by atoms with van der Waals surface area (Å²) < 4.78 is 0. The van der Waals surface area contributed by atoms with Crippen molar-refractivity contribution < 1.29 is 4.79 Å². The Labute approximate surface area is 109 Å². The van der Waals surface area contributed by atoms with Crippen molar-refractivity contribution in [1.82, 2.24) is 4.90 Å². The molecule has 96 valence electrons. The molecule has 0 saturated carbocycles. The van der Waals surface area contributed by atoms with Gasteiger partial charge in [-0.2, -0.15) is 0 Å². The van der Waals surface area contributed by atoms with E-state index in [1.54, 1.807) is 0 Å². The average molecular weight is 243 g/mol. The van der Waals surface area contributed by atoms with Crippen LogP contribution in [0.4, 0.5) is 0 Å². The van der Waals surface area contributed by atoms with Crippen molar-refractivity contribution in [2.24, 2.45) is 0 Å². The van der Waals surface area contributed by atoms with E-state index in [2.05, 4.69) is 0 Å². The number of hydrogen-bond donors (Lipinski definition) is 0. The lowest BCUT2D eigenvalue weighted by molar-refractivity contribution is -0.126. The van der Waals surface area contributed by atoms with Crippen molar-refractivity contribution >= 4 is 12.0 Å². The van der Waals surface area contributed by atoms with Gasteiger partial charge in [0.2, 0.25) is 5.91 Å². The Hall–Kier alpha value is -1.57. The highest BCUT2D eigenvalue weighted by molar-refractivity contribution is 5.97. The summed E-state index contributed by atoms with van der Waals surface area (Å²) in [5.41, 5.74) is 1.93. The lowest BCUT2D eigenvalue weighted by Gasteiger charge is -2.20. The van der Waals surface area contributed by atoms with Gasteiger partial charge in [0.15, 0.2) is 0 Å². The van der Waals surface area contributed by atoms with Gasteiger partial charge in [0, 0.05) is 18.7 Å². The Kier molecular flexibility index (Phi) is 4.57. The van der Waals surface area contributed by atoms with E-state index in [0.717, 1.165) is 37.1 Å². The standard InChI is InChI=1S/C16H21NO/c1-14(13-15-9-5-4-6-10-15)16(18)17-11-7-2-3-8-12-17/h4-6,9-10,13H,2-3,7-8,11-12H2,1H3/b14-13+. The molecule has 1 heterocycles. The zero-order chi connectivity index (χ0) is 12.8. The quantitative estimate of drug-likeness (QED) is 0.728. The summed E-state index contributed by atoms with van der Waals surface area (Å²) in [6.07, 6.45) is 6.78. The van der Waals surface area contributed by atoms with E-state index in [9.17, 15) is 4.79 Å². The fourth-order valence-electron chi connectivity index (χ4n) is 2.38. The Balaban J connectivity index is 2.05. The topological polar surface area (TPSA) is 20.3 Å². The van der Waals surface area contributed by atoms with Crippen LogP contribution in [0.2, 0.25) is 0 Å². The normalized spacial score (nSPS) is 17.4. The van der Waals surface area contributed by atoms with Gasteiger partial charge in [-0.05, 0) is 31.4 Å². The lowest BCUT2D eigenvalue weighted by Crippen LogP contribution is -2.32. The third-order valence-corrected chi connectivity index (χ3v) is 3.41. The van der Waals surface area contributed by atoms with Crippen LogP contribution >= 0.6 is 0 Å². The first kappa shape index (κ1) is 12.9. The Morgan fingerprint density at radius 3 is 2.28 bits per heavy atom. The number of benzene rings is 1. The Bertz CT molecular complexity index is 414. The zero-order valence-electron chi connectivity index (χ0n) is 11.1. The van der Waals surface area contributed by atoms with Crippen molar-refractivity contribution in [2.75, 3.05) is 13.1 Å². The van der Waals surface area contributed by atoms with Crippen LogP contribution in [0.15, 0.2) is 35.9 Å². The minimum atomic E-state index is 0.195. The molecule has 0 radical (unpaired) electrons. The predicted octanol–water partition coefficient (Wildman–Crippen LogP) is 3.49. The van der Waals surface area contributed by atoms with Gasteiger partial charge in [-0.3, -0.25) is 4.79 Å². The van der Waals surface area contributed by atoms with Crippen molar-refractivity contribution in [3.05, 3.63) is 41.5 Å². The van der Waals surface area contributed by atoms with Crippen molar-refractivity contribution in [3.8, 4) is 0 Å². The molecule has 0 N–H and O–H groups in total. The molecule has 2 heteroatoms. The van der Waals surface area contributed by atoms with Crippen LogP contribution < -0.4 is 0 Å². The van der Waals surface area contributed by atoms with Crippen molar-refractivity contribution in [2.45, 2.75) is 32.6 Å². The summed E-state index contributed by atoms with van der Waals surface area (Å²) in [5.74, 6) is 0.195. The number of hydrogen-bond acceptors (Lipinski definition) is 1. The molecule has 1 aliphatic rings. The third-order valence-electron chi connectivity index (χ3n) is 3.41. The van der Waals surface area contributed by atoms with Gasteiger partial charge in [0.05, 0.1) is 0 Å². The minimum Gasteiger partial charge on any atom is -0.339 e. The average Bonchev–Trinajstić information content (AvgIpc) is 2.68. The molecule has 0 bridgehead atoms. The minimum absolute atomic E-state index is 0.195. The molecule has 18 heavy (non-hydrogen) atoms. The molecule has 1 aliphatic heterocycles. The Morgan fingerprint density at radius 2 is 1.67 bits per heavy atom. The van der Waals surface area contributed by atoms with Crippen LogP contribution in [0.25, 0.3) is 6.08 Å². The van der Waals surface area contributed by atoms with Gasteiger partial charge >= 0.3 is 0 Å². The number of amides is 1. The maximum Gasteiger partial charge on any atom is 0.249 e. The molecule has 0 aliphatic carbocycles. The van der Waals surface area contributed by atoms with Crippen LogP contribution in [0, 0.1) is 0 Å². The maximum atomic E-state index is 12.3. The SMILES string of the molecule is C/C(=C\c1ccccc1)C(=O)N1CCCCCC1. The number of likely N-dealkylation sites (tertiary alicyclic amines) is 1. The first-order chi connectivity index (χ1) is 8.77. The summed E-state index contributed by atoms with van der Waals surface area (Å²) >= 11 is 0. The third kappa shape index (κ3) is 3.46. The monoisotopic (exact) mass is 243 g/mol. The molecular weight excluding hydrogens is 222 g/mol. The fraction of sp³-hybridized carbons (Fsp3) is 0.438. The molecule has 0 aromatic heterocycles. The second-order valence-electron chi connectivity index (χ2n) is 4.94. The van der Waals surface area contributed by atoms with Crippen LogP contribution in [0.5, 0.6) is 0 Å². The molecule has 2 rings (SSSR count). The lowest BCUT2D eigenvalue weighted by atomic mass is 10.1. The van der Waals surface area contributed by atoms with E-state index >= 15 is 0 Å². The smallest absolute Gasteiger partial charge is 0.249 e. The molecule has 1 aromatic carbocycles. The molecule has 1 fully saturated rings. The summed E-state index contributed by atoms with van der Waals surface area (Å²) in [6, 6.07) is 10.0. The molecular formula is C16H21NO. The van der Waals surface area contributed by atoms with E-state index in [-0.39, 0.29) is 5.91 Å². The van der Waals surface area contributed by atoms with E-state index in [1.807, 2.05) is 48.2 Å². The number of carbonyl (C=O) groups excluding carboxylic acids is 1. The highest BCUT2D eigenvalue weighted by Crippen LogP contribution is 2.14. The van der Waals surface area contributed by atoms with Crippen molar-refractivity contribution in [3.63, 3.8) is 0 Å². The first-order valence-corrected chi connectivity index (χ1v) is 6.80. The highest BCUT2D eigenvalue weighted by Gasteiger charge is 2.16. The predicted molar refractivity (Wildman–Crippen MR) is 75.1 cm³/mol. The summed E-state index contributed by atoms with van der Waals surface area (Å²) in [6.45, 7) is 3.75. The Morgan fingerprint density at radius 1 is 1.06 bits per heavy atom. The maximum absolute atomic E-state index is 12.3. The number of rotatable bonds is 2. The van der Waals surface area contributed by atoms with E-state index in [0.29, 0.717) is 0 Å². The van der Waals surface area contributed by atoms with Gasteiger partial charge in [-0.15, -0.1) is 0 Å². The second-order valence-corrected chi connectivity index (χ2v) is 4.94. The molecule has 2 nitrogen and oxygen atoms in total. The molecule has 1 aromatic rings. The summed E-state index contributed by atoms with van der Waals surface area (Å²) in [7, 11) is 0. The van der Waals surface area contributed by atoms with E-state index in [1.165, 1.54) is 12.8 Å². The van der Waals surface area contributed by atoms with Crippen LogP contribution in [0.1, 0.15) is 38.2 Å². The van der Waals surface area contributed by atoms with Gasteiger partial charge in [0.25, 0.3) is 0 Å². The number of carbonyl (C=O) groups is 1. The van der Waals surface area contributed by atoms with Crippen molar-refractivity contribution in [1.29, 1.82) is 0 Å².